The molecule has 5 heteroatoms. The second kappa shape index (κ2) is 9.77. The van der Waals surface area contributed by atoms with Gasteiger partial charge in [-0.05, 0) is 48.6 Å². The zero-order valence-electron chi connectivity index (χ0n) is 17.7. The summed E-state index contributed by atoms with van der Waals surface area (Å²) in [4.78, 5) is 15.7. The van der Waals surface area contributed by atoms with Crippen LogP contribution >= 0.6 is 11.3 Å². The Hall–Kier alpha value is -2.47. The topological polar surface area (TPSA) is 69.6 Å². The molecule has 0 saturated heterocycles. The van der Waals surface area contributed by atoms with Crippen molar-refractivity contribution in [2.24, 2.45) is 5.92 Å². The van der Waals surface area contributed by atoms with E-state index in [2.05, 4.69) is 18.3 Å². The normalized spacial score (nSPS) is 19.6. The van der Waals surface area contributed by atoms with Gasteiger partial charge in [0.2, 0.25) is 5.91 Å². The van der Waals surface area contributed by atoms with E-state index in [9.17, 15) is 15.0 Å². The summed E-state index contributed by atoms with van der Waals surface area (Å²) in [5.41, 5.74) is 3.12. The van der Waals surface area contributed by atoms with Gasteiger partial charge in [-0.3, -0.25) is 4.79 Å². The Bertz CT molecular complexity index is 1020. The van der Waals surface area contributed by atoms with E-state index in [1.54, 1.807) is 11.3 Å². The monoisotopic (exact) mass is 435 g/mol. The zero-order valence-corrected chi connectivity index (χ0v) is 18.5. The predicted octanol–water partition coefficient (Wildman–Crippen LogP) is 3.98. The van der Waals surface area contributed by atoms with E-state index in [-0.39, 0.29) is 11.8 Å². The van der Waals surface area contributed by atoms with Crippen LogP contribution in [-0.2, 0) is 24.1 Å². The molecule has 1 amide bonds. The van der Waals surface area contributed by atoms with E-state index in [1.807, 2.05) is 60.7 Å². The Morgan fingerprint density at radius 3 is 2.55 bits per heavy atom. The van der Waals surface area contributed by atoms with Gasteiger partial charge in [0.1, 0.15) is 0 Å². The van der Waals surface area contributed by atoms with Gasteiger partial charge >= 0.3 is 0 Å². The van der Waals surface area contributed by atoms with Crippen LogP contribution < -0.4 is 5.32 Å². The minimum atomic E-state index is -0.627. The number of aryl methyl sites for hydroxylation is 1. The van der Waals surface area contributed by atoms with Crippen molar-refractivity contribution in [1.82, 2.24) is 5.32 Å². The van der Waals surface area contributed by atoms with Gasteiger partial charge in [-0.25, -0.2) is 0 Å². The van der Waals surface area contributed by atoms with E-state index >= 15 is 0 Å². The summed E-state index contributed by atoms with van der Waals surface area (Å²) in [6.45, 7) is 2.05. The molecule has 1 aliphatic carbocycles. The fourth-order valence-corrected chi connectivity index (χ4v) is 5.40. The van der Waals surface area contributed by atoms with Gasteiger partial charge in [0, 0.05) is 28.5 Å². The van der Waals surface area contributed by atoms with Gasteiger partial charge in [-0.15, -0.1) is 11.3 Å². The number of rotatable bonds is 8. The molecule has 0 aliphatic heterocycles. The fourth-order valence-electron chi connectivity index (χ4n) is 4.44. The third-order valence-corrected chi connectivity index (χ3v) is 7.01. The first-order valence-corrected chi connectivity index (χ1v) is 11.6. The molecule has 162 valence electrons. The molecule has 31 heavy (non-hydrogen) atoms. The molecule has 0 fully saturated rings. The summed E-state index contributed by atoms with van der Waals surface area (Å²) < 4.78 is 0. The van der Waals surface area contributed by atoms with Crippen LogP contribution in [-0.4, -0.2) is 28.3 Å². The molecule has 1 heterocycles. The molecule has 0 unspecified atom stereocenters. The molecule has 2 aromatic carbocycles. The van der Waals surface area contributed by atoms with Crippen LogP contribution in [0.2, 0.25) is 0 Å². The highest BCUT2D eigenvalue weighted by Gasteiger charge is 2.34. The maximum Gasteiger partial charge on any atom is 0.224 e. The van der Waals surface area contributed by atoms with Crippen LogP contribution in [0.15, 0.2) is 66.7 Å². The van der Waals surface area contributed by atoms with Crippen LogP contribution in [0.4, 0.5) is 0 Å². The van der Waals surface area contributed by atoms with Crippen molar-refractivity contribution < 1.29 is 15.0 Å². The summed E-state index contributed by atoms with van der Waals surface area (Å²) in [5, 5.41) is 24.4. The third kappa shape index (κ3) is 5.42. The van der Waals surface area contributed by atoms with Crippen molar-refractivity contribution in [2.45, 2.75) is 50.9 Å². The van der Waals surface area contributed by atoms with Gasteiger partial charge in [0.25, 0.3) is 0 Å². The number of aliphatic hydroxyl groups excluding tert-OH is 2. The number of aliphatic hydroxyl groups is 2. The van der Waals surface area contributed by atoms with Crippen molar-refractivity contribution in [3.05, 3.63) is 93.2 Å². The summed E-state index contributed by atoms with van der Waals surface area (Å²) in [5.74, 6) is -0.496. The number of amides is 1. The van der Waals surface area contributed by atoms with Crippen molar-refractivity contribution in [3.8, 4) is 0 Å². The molecular weight excluding hydrogens is 406 g/mol. The zero-order chi connectivity index (χ0) is 21.8. The van der Waals surface area contributed by atoms with E-state index in [0.717, 1.165) is 21.6 Å². The van der Waals surface area contributed by atoms with Gasteiger partial charge in [0.15, 0.2) is 0 Å². The van der Waals surface area contributed by atoms with Gasteiger partial charge in [-0.2, -0.15) is 0 Å². The Balaban J connectivity index is 1.48. The lowest BCUT2D eigenvalue weighted by Crippen LogP contribution is -2.39. The highest BCUT2D eigenvalue weighted by atomic mass is 32.1. The highest BCUT2D eigenvalue weighted by molar-refractivity contribution is 7.11. The van der Waals surface area contributed by atoms with Crippen LogP contribution in [0, 0.1) is 12.8 Å². The van der Waals surface area contributed by atoms with Crippen LogP contribution in [0.5, 0.6) is 0 Å². The molecule has 3 aromatic rings. The summed E-state index contributed by atoms with van der Waals surface area (Å²) in [7, 11) is 0. The molecule has 0 spiro atoms. The second-order valence-corrected chi connectivity index (χ2v) is 9.82. The van der Waals surface area contributed by atoms with E-state index in [1.165, 1.54) is 4.88 Å². The number of thiophene rings is 1. The van der Waals surface area contributed by atoms with Crippen molar-refractivity contribution in [3.63, 3.8) is 0 Å². The molecule has 4 rings (SSSR count). The Labute approximate surface area is 187 Å². The van der Waals surface area contributed by atoms with Crippen LogP contribution in [0.3, 0.4) is 0 Å². The van der Waals surface area contributed by atoms with Gasteiger partial charge in [-0.1, -0.05) is 54.6 Å². The lowest BCUT2D eigenvalue weighted by molar-refractivity contribution is -0.127. The standard InChI is InChI=1S/C26H29NO3S/c1-17-11-12-22(31-17)16-21(28)14-20(13-18-7-3-2-4-8-18)26(30)27-25-23-10-6-5-9-19(23)15-24(25)29/h2-12,20-21,24-25,28-29H,13-16H2,1H3,(H,27,30)/t20-,21-,24-,25+/m1/s1. The largest absolute Gasteiger partial charge is 0.393 e. The molecule has 0 bridgehead atoms. The van der Waals surface area contributed by atoms with Crippen LogP contribution in [0.25, 0.3) is 0 Å². The molecule has 0 saturated carbocycles. The van der Waals surface area contributed by atoms with E-state index in [4.69, 9.17) is 0 Å². The van der Waals surface area contributed by atoms with E-state index < -0.39 is 18.2 Å². The molecule has 1 aliphatic rings. The second-order valence-electron chi connectivity index (χ2n) is 8.45. The molecule has 4 nitrogen and oxygen atoms in total. The first-order chi connectivity index (χ1) is 15.0. The number of hydrogen-bond acceptors (Lipinski definition) is 4. The SMILES string of the molecule is Cc1ccc(C[C@H](O)C[C@@H](Cc2ccccc2)C(=O)N[C@H]2c3ccccc3C[C@H]2O)s1. The highest BCUT2D eigenvalue weighted by Crippen LogP contribution is 2.32. The predicted molar refractivity (Wildman–Crippen MR) is 124 cm³/mol. The number of hydrogen-bond donors (Lipinski definition) is 3. The maximum absolute atomic E-state index is 13.3. The number of benzene rings is 2. The first-order valence-electron chi connectivity index (χ1n) is 10.8. The average Bonchev–Trinajstić information content (AvgIpc) is 3.30. The first kappa shape index (κ1) is 21.8. The Morgan fingerprint density at radius 2 is 1.81 bits per heavy atom. The number of carbonyl (C=O) groups excluding carboxylic acids is 1. The lowest BCUT2D eigenvalue weighted by atomic mass is 9.91. The number of fused-ring (bicyclic) bond motifs is 1. The third-order valence-electron chi connectivity index (χ3n) is 5.99. The van der Waals surface area contributed by atoms with Crippen molar-refractivity contribution >= 4 is 17.2 Å². The fraction of sp³-hybridized carbons (Fsp3) is 0.346. The maximum atomic E-state index is 13.3. The quantitative estimate of drug-likeness (QED) is 0.501. The van der Waals surface area contributed by atoms with Crippen molar-refractivity contribution in [2.75, 3.05) is 0 Å². The number of carbonyl (C=O) groups is 1. The summed E-state index contributed by atoms with van der Waals surface area (Å²) >= 11 is 1.68. The average molecular weight is 436 g/mol. The van der Waals surface area contributed by atoms with Gasteiger partial charge in [0.05, 0.1) is 18.2 Å². The van der Waals surface area contributed by atoms with Crippen LogP contribution in [0.1, 0.15) is 38.9 Å². The minimum Gasteiger partial charge on any atom is -0.393 e. The lowest BCUT2D eigenvalue weighted by Gasteiger charge is -2.24. The molecule has 3 N–H and O–H groups in total. The summed E-state index contributed by atoms with van der Waals surface area (Å²) in [6, 6.07) is 21.5. The smallest absolute Gasteiger partial charge is 0.224 e. The Morgan fingerprint density at radius 1 is 1.06 bits per heavy atom. The summed E-state index contributed by atoms with van der Waals surface area (Å²) in [6.07, 6.45) is 0.799. The van der Waals surface area contributed by atoms with Crippen molar-refractivity contribution in [1.29, 1.82) is 0 Å². The Kier molecular flexibility index (Phi) is 6.86. The number of nitrogens with one attached hydrogen (secondary N) is 1. The van der Waals surface area contributed by atoms with Gasteiger partial charge < -0.3 is 15.5 Å². The molecule has 1 aromatic heterocycles. The molecule has 0 radical (unpaired) electrons. The molecule has 4 atom stereocenters. The van der Waals surface area contributed by atoms with E-state index in [0.29, 0.717) is 25.7 Å². The molecular formula is C26H29NO3S. The minimum absolute atomic E-state index is 0.119.